The predicted molar refractivity (Wildman–Crippen MR) is 106 cm³/mol. The smallest absolute Gasteiger partial charge is 0.341 e. The number of aromatic nitrogens is 2. The van der Waals surface area contributed by atoms with Gasteiger partial charge in [0.05, 0.1) is 10.5 Å². The molecule has 0 atom stereocenters. The maximum absolute atomic E-state index is 14.0. The van der Waals surface area contributed by atoms with Crippen LogP contribution in [-0.4, -0.2) is 31.6 Å². The second-order valence-corrected chi connectivity index (χ2v) is 8.60. The van der Waals surface area contributed by atoms with Crippen molar-refractivity contribution in [3.05, 3.63) is 65.3 Å². The first kappa shape index (κ1) is 21.6. The Bertz CT molecular complexity index is 1160. The largest absolute Gasteiger partial charge is 0.452 e. The summed E-state index contributed by atoms with van der Waals surface area (Å²) in [6.07, 6.45) is 0. The van der Waals surface area contributed by atoms with Crippen LogP contribution < -0.4 is 4.72 Å². The Hall–Kier alpha value is -3.11. The minimum atomic E-state index is -3.84. The molecule has 8 nitrogen and oxygen atoms in total. The van der Waals surface area contributed by atoms with E-state index >= 15 is 0 Å². The molecule has 0 unspecified atom stereocenters. The summed E-state index contributed by atoms with van der Waals surface area (Å²) in [5.41, 5.74) is 1.38. The van der Waals surface area contributed by atoms with Crippen LogP contribution >= 0.6 is 0 Å². The molecule has 0 saturated heterocycles. The SMILES string of the molecule is CNS(=O)(=O)c1ccc(F)c(C(=O)OCc2nc(-c3ccc(C(C)C)cc3)no2)c1. The molecule has 0 bridgehead atoms. The van der Waals surface area contributed by atoms with Gasteiger partial charge >= 0.3 is 5.97 Å². The molecule has 3 rings (SSSR count). The Labute approximate surface area is 173 Å². The number of hydrogen-bond donors (Lipinski definition) is 1. The maximum atomic E-state index is 14.0. The van der Waals surface area contributed by atoms with Crippen LogP contribution in [0.3, 0.4) is 0 Å². The highest BCUT2D eigenvalue weighted by Crippen LogP contribution is 2.21. The zero-order valence-corrected chi connectivity index (χ0v) is 17.4. The number of benzene rings is 2. The number of halogens is 1. The highest BCUT2D eigenvalue weighted by molar-refractivity contribution is 7.89. The quantitative estimate of drug-likeness (QED) is 0.569. The highest BCUT2D eigenvalue weighted by Gasteiger charge is 2.20. The van der Waals surface area contributed by atoms with Crippen LogP contribution in [0.2, 0.25) is 0 Å². The molecule has 10 heteroatoms. The van der Waals surface area contributed by atoms with Crippen LogP contribution in [0, 0.1) is 5.82 Å². The average Bonchev–Trinajstić information content (AvgIpc) is 3.21. The van der Waals surface area contributed by atoms with Crippen molar-refractivity contribution in [3.8, 4) is 11.4 Å². The molecule has 0 aliphatic carbocycles. The third-order valence-corrected chi connectivity index (χ3v) is 5.78. The number of carbonyl (C=O) groups excluding carboxylic acids is 1. The molecule has 0 amide bonds. The molecule has 0 spiro atoms. The molecule has 0 radical (unpaired) electrons. The van der Waals surface area contributed by atoms with Gasteiger partial charge in [-0.25, -0.2) is 22.3 Å². The molecule has 1 aromatic heterocycles. The first-order chi connectivity index (χ1) is 14.2. The minimum absolute atomic E-state index is 0.0192. The first-order valence-electron chi connectivity index (χ1n) is 9.04. The topological polar surface area (TPSA) is 111 Å². The van der Waals surface area contributed by atoms with Crippen molar-refractivity contribution < 1.29 is 26.9 Å². The normalized spacial score (nSPS) is 11.6. The molecule has 1 heterocycles. The molecule has 0 aliphatic rings. The summed E-state index contributed by atoms with van der Waals surface area (Å²) in [7, 11) is -2.63. The molecule has 30 heavy (non-hydrogen) atoms. The van der Waals surface area contributed by atoms with Gasteiger partial charge < -0.3 is 9.26 Å². The van der Waals surface area contributed by atoms with E-state index in [-0.39, 0.29) is 10.8 Å². The van der Waals surface area contributed by atoms with Crippen molar-refractivity contribution in [2.75, 3.05) is 7.05 Å². The molecular weight excluding hydrogens is 413 g/mol. The standard InChI is InChI=1S/C20H20FN3O5S/c1-12(2)13-4-6-14(7-5-13)19-23-18(29-24-19)11-28-20(25)16-10-15(8-9-17(16)21)30(26,27)22-3/h4-10,12,22H,11H2,1-3H3. The van der Waals surface area contributed by atoms with E-state index in [1.807, 2.05) is 24.3 Å². The van der Waals surface area contributed by atoms with Gasteiger partial charge in [0.25, 0.3) is 5.89 Å². The van der Waals surface area contributed by atoms with Crippen molar-refractivity contribution >= 4 is 16.0 Å². The Balaban J connectivity index is 1.71. The van der Waals surface area contributed by atoms with Crippen LogP contribution in [0.4, 0.5) is 4.39 Å². The first-order valence-corrected chi connectivity index (χ1v) is 10.5. The second-order valence-electron chi connectivity index (χ2n) is 6.71. The molecule has 0 fully saturated rings. The van der Waals surface area contributed by atoms with E-state index in [2.05, 4.69) is 28.7 Å². The number of nitrogens with one attached hydrogen (secondary N) is 1. The summed E-state index contributed by atoms with van der Waals surface area (Å²) in [6.45, 7) is 3.78. The summed E-state index contributed by atoms with van der Waals surface area (Å²) >= 11 is 0. The zero-order valence-electron chi connectivity index (χ0n) is 16.5. The number of rotatable bonds is 7. The van der Waals surface area contributed by atoms with Crippen molar-refractivity contribution in [3.63, 3.8) is 0 Å². The Morgan fingerprint density at radius 2 is 1.90 bits per heavy atom. The van der Waals surface area contributed by atoms with Crippen LogP contribution in [0.25, 0.3) is 11.4 Å². The van der Waals surface area contributed by atoms with Gasteiger partial charge in [0.2, 0.25) is 15.8 Å². The minimum Gasteiger partial charge on any atom is -0.452 e. The lowest BCUT2D eigenvalue weighted by atomic mass is 10.0. The van der Waals surface area contributed by atoms with E-state index in [0.29, 0.717) is 11.7 Å². The van der Waals surface area contributed by atoms with E-state index in [1.165, 1.54) is 12.6 Å². The highest BCUT2D eigenvalue weighted by atomic mass is 32.2. The summed E-state index contributed by atoms with van der Waals surface area (Å²) in [5, 5.41) is 3.85. The fourth-order valence-electron chi connectivity index (χ4n) is 2.60. The van der Waals surface area contributed by atoms with Crippen LogP contribution in [0.1, 0.15) is 41.6 Å². The van der Waals surface area contributed by atoms with E-state index in [9.17, 15) is 17.6 Å². The predicted octanol–water partition coefficient (Wildman–Crippen LogP) is 3.26. The van der Waals surface area contributed by atoms with Gasteiger partial charge in [-0.1, -0.05) is 43.3 Å². The van der Waals surface area contributed by atoms with E-state index in [4.69, 9.17) is 9.26 Å². The number of nitrogens with zero attached hydrogens (tertiary/aromatic N) is 2. The van der Waals surface area contributed by atoms with Gasteiger partial charge in [-0.05, 0) is 36.7 Å². The van der Waals surface area contributed by atoms with Gasteiger partial charge in [-0.2, -0.15) is 4.98 Å². The molecule has 2 aromatic carbocycles. The van der Waals surface area contributed by atoms with E-state index in [0.717, 1.165) is 23.8 Å². The number of sulfonamides is 1. The summed E-state index contributed by atoms with van der Waals surface area (Å²) in [6, 6.07) is 10.5. The van der Waals surface area contributed by atoms with Gasteiger partial charge in [0, 0.05) is 5.56 Å². The van der Waals surface area contributed by atoms with Crippen LogP contribution in [0.5, 0.6) is 0 Å². The van der Waals surface area contributed by atoms with Crippen LogP contribution in [0.15, 0.2) is 51.9 Å². The van der Waals surface area contributed by atoms with Gasteiger partial charge in [-0.15, -0.1) is 0 Å². The second kappa shape index (κ2) is 8.72. The van der Waals surface area contributed by atoms with Crippen LogP contribution in [-0.2, 0) is 21.4 Å². The van der Waals surface area contributed by atoms with Crippen molar-refractivity contribution in [1.82, 2.24) is 14.9 Å². The molecule has 3 aromatic rings. The lowest BCUT2D eigenvalue weighted by molar-refractivity contribution is 0.0424. The maximum Gasteiger partial charge on any atom is 0.341 e. The van der Waals surface area contributed by atoms with E-state index in [1.54, 1.807) is 0 Å². The van der Waals surface area contributed by atoms with Gasteiger partial charge in [-0.3, -0.25) is 0 Å². The number of esters is 1. The molecule has 1 N–H and O–H groups in total. The molecular formula is C20H20FN3O5S. The average molecular weight is 433 g/mol. The zero-order chi connectivity index (χ0) is 21.9. The number of ether oxygens (including phenoxy) is 1. The Morgan fingerprint density at radius 1 is 1.20 bits per heavy atom. The van der Waals surface area contributed by atoms with Gasteiger partial charge in [0.1, 0.15) is 5.82 Å². The molecule has 0 aliphatic heterocycles. The summed E-state index contributed by atoms with van der Waals surface area (Å²) in [5.74, 6) is -1.23. The lowest BCUT2D eigenvalue weighted by Gasteiger charge is -2.07. The lowest BCUT2D eigenvalue weighted by Crippen LogP contribution is -2.19. The molecule has 0 saturated carbocycles. The van der Waals surface area contributed by atoms with Gasteiger partial charge in [0.15, 0.2) is 6.61 Å². The Kier molecular flexibility index (Phi) is 6.28. The Morgan fingerprint density at radius 3 is 2.53 bits per heavy atom. The van der Waals surface area contributed by atoms with E-state index < -0.39 is 34.0 Å². The monoisotopic (exact) mass is 433 g/mol. The number of hydrogen-bond acceptors (Lipinski definition) is 7. The number of carbonyl (C=O) groups is 1. The third kappa shape index (κ3) is 4.71. The fourth-order valence-corrected chi connectivity index (χ4v) is 3.35. The van der Waals surface area contributed by atoms with Crippen molar-refractivity contribution in [2.45, 2.75) is 31.3 Å². The third-order valence-electron chi connectivity index (χ3n) is 4.37. The summed E-state index contributed by atoms with van der Waals surface area (Å²) < 4.78 is 49.8. The molecule has 158 valence electrons. The fraction of sp³-hybridized carbons (Fsp3) is 0.250. The van der Waals surface area contributed by atoms with Crippen molar-refractivity contribution in [2.24, 2.45) is 0 Å². The summed E-state index contributed by atoms with van der Waals surface area (Å²) in [4.78, 5) is 16.1. The van der Waals surface area contributed by atoms with Crippen molar-refractivity contribution in [1.29, 1.82) is 0 Å².